The van der Waals surface area contributed by atoms with Crippen molar-refractivity contribution in [2.75, 3.05) is 19.0 Å². The number of hydrogen-bond donors (Lipinski definition) is 1. The van der Waals surface area contributed by atoms with E-state index in [1.807, 2.05) is 6.92 Å². The summed E-state index contributed by atoms with van der Waals surface area (Å²) in [5, 5.41) is 3.24. The monoisotopic (exact) mass is 319 g/mol. The maximum atomic E-state index is 12.2. The lowest BCUT2D eigenvalue weighted by atomic mass is 10.2. The number of amides is 1. The molecule has 0 heterocycles. The van der Waals surface area contributed by atoms with Gasteiger partial charge >= 0.3 is 0 Å². The topological polar surface area (TPSA) is 47.6 Å². The molecule has 0 saturated heterocycles. The lowest BCUT2D eigenvalue weighted by Crippen LogP contribution is -2.11. The first-order valence-corrected chi connectivity index (χ1v) is 7.39. The number of benzene rings is 2. The van der Waals surface area contributed by atoms with Gasteiger partial charge in [0.25, 0.3) is 5.91 Å². The van der Waals surface area contributed by atoms with Crippen LogP contribution in [0.5, 0.6) is 11.5 Å². The third-order valence-electron chi connectivity index (χ3n) is 3.00. The van der Waals surface area contributed by atoms with E-state index in [1.54, 1.807) is 49.6 Å². The van der Waals surface area contributed by atoms with E-state index in [-0.39, 0.29) is 5.91 Å². The minimum absolute atomic E-state index is 0.205. The minimum Gasteiger partial charge on any atom is -0.495 e. The number of ether oxygens (including phenoxy) is 2. The third kappa shape index (κ3) is 4.15. The fraction of sp³-hybridized carbons (Fsp3) is 0.235. The molecule has 0 radical (unpaired) electrons. The lowest BCUT2D eigenvalue weighted by Gasteiger charge is -2.09. The van der Waals surface area contributed by atoms with Gasteiger partial charge in [-0.3, -0.25) is 4.79 Å². The Balaban J connectivity index is 2.04. The molecule has 5 heteroatoms. The highest BCUT2D eigenvalue weighted by atomic mass is 35.5. The van der Waals surface area contributed by atoms with E-state index in [2.05, 4.69) is 5.32 Å². The first kappa shape index (κ1) is 16.2. The minimum atomic E-state index is -0.205. The molecular formula is C17H18ClNO3. The fourth-order valence-electron chi connectivity index (χ4n) is 1.87. The zero-order chi connectivity index (χ0) is 15.9. The van der Waals surface area contributed by atoms with Crippen molar-refractivity contribution in [1.29, 1.82) is 0 Å². The second kappa shape index (κ2) is 7.71. The van der Waals surface area contributed by atoms with Crippen molar-refractivity contribution in [3.05, 3.63) is 53.1 Å². The molecule has 4 nitrogen and oxygen atoms in total. The summed E-state index contributed by atoms with van der Waals surface area (Å²) in [6.07, 6.45) is 0.945. The molecule has 0 bridgehead atoms. The molecule has 0 fully saturated rings. The Morgan fingerprint density at radius 3 is 2.50 bits per heavy atom. The van der Waals surface area contributed by atoms with Crippen LogP contribution in [0.3, 0.4) is 0 Å². The number of carbonyl (C=O) groups is 1. The highest BCUT2D eigenvalue weighted by Crippen LogP contribution is 2.27. The van der Waals surface area contributed by atoms with Gasteiger partial charge in [0.1, 0.15) is 11.5 Å². The Hall–Kier alpha value is -2.20. The molecule has 2 aromatic rings. The molecule has 1 N–H and O–H groups in total. The van der Waals surface area contributed by atoms with Gasteiger partial charge in [0.05, 0.1) is 18.7 Å². The van der Waals surface area contributed by atoms with Gasteiger partial charge in [-0.15, -0.1) is 0 Å². The zero-order valence-corrected chi connectivity index (χ0v) is 13.3. The molecule has 2 aromatic carbocycles. The van der Waals surface area contributed by atoms with Crippen LogP contribution in [0, 0.1) is 0 Å². The van der Waals surface area contributed by atoms with Crippen molar-refractivity contribution in [3.63, 3.8) is 0 Å². The largest absolute Gasteiger partial charge is 0.495 e. The number of nitrogens with one attached hydrogen (secondary N) is 1. The quantitative estimate of drug-likeness (QED) is 0.859. The molecular weight excluding hydrogens is 302 g/mol. The molecule has 0 aliphatic rings. The van der Waals surface area contributed by atoms with Crippen molar-refractivity contribution in [3.8, 4) is 11.5 Å². The second-order valence-corrected chi connectivity index (χ2v) is 5.08. The molecule has 1 amide bonds. The van der Waals surface area contributed by atoms with Gasteiger partial charge in [0.2, 0.25) is 0 Å². The van der Waals surface area contributed by atoms with E-state index in [4.69, 9.17) is 21.1 Å². The Bertz CT molecular complexity index is 641. The Kier molecular flexibility index (Phi) is 5.67. The number of rotatable bonds is 6. The number of carbonyl (C=O) groups excluding carboxylic acids is 1. The molecule has 0 aromatic heterocycles. The van der Waals surface area contributed by atoms with Gasteiger partial charge in [-0.05, 0) is 48.9 Å². The Labute approximate surface area is 135 Å². The van der Waals surface area contributed by atoms with Crippen LogP contribution in [0.1, 0.15) is 23.7 Å². The highest BCUT2D eigenvalue weighted by molar-refractivity contribution is 6.32. The standard InChI is InChI=1S/C17H18ClNO3/c1-3-10-22-14-7-4-12(5-8-14)17(20)19-13-6-9-16(21-2)15(18)11-13/h4-9,11H,3,10H2,1-2H3,(H,19,20). The summed E-state index contributed by atoms with van der Waals surface area (Å²) < 4.78 is 10.6. The first-order chi connectivity index (χ1) is 10.6. The number of halogens is 1. The second-order valence-electron chi connectivity index (χ2n) is 4.68. The predicted molar refractivity (Wildman–Crippen MR) is 88.2 cm³/mol. The summed E-state index contributed by atoms with van der Waals surface area (Å²) in [7, 11) is 1.54. The summed E-state index contributed by atoms with van der Waals surface area (Å²) >= 11 is 6.04. The summed E-state index contributed by atoms with van der Waals surface area (Å²) in [5.74, 6) is 1.12. The van der Waals surface area contributed by atoms with Gasteiger partial charge in [-0.25, -0.2) is 0 Å². The number of methoxy groups -OCH3 is 1. The van der Waals surface area contributed by atoms with Crippen molar-refractivity contribution >= 4 is 23.2 Å². The predicted octanol–water partition coefficient (Wildman–Crippen LogP) is 4.39. The van der Waals surface area contributed by atoms with Gasteiger partial charge in [-0.1, -0.05) is 18.5 Å². The lowest BCUT2D eigenvalue weighted by molar-refractivity contribution is 0.102. The normalized spacial score (nSPS) is 10.1. The van der Waals surface area contributed by atoms with E-state index in [9.17, 15) is 4.79 Å². The summed E-state index contributed by atoms with van der Waals surface area (Å²) in [6.45, 7) is 2.71. The third-order valence-corrected chi connectivity index (χ3v) is 3.29. The van der Waals surface area contributed by atoms with Crippen LogP contribution in [0.2, 0.25) is 5.02 Å². The smallest absolute Gasteiger partial charge is 0.255 e. The molecule has 0 atom stereocenters. The first-order valence-electron chi connectivity index (χ1n) is 7.01. The van der Waals surface area contributed by atoms with Crippen molar-refractivity contribution in [2.45, 2.75) is 13.3 Å². The average Bonchev–Trinajstić information content (AvgIpc) is 2.53. The molecule has 116 valence electrons. The van der Waals surface area contributed by atoms with E-state index in [0.717, 1.165) is 12.2 Å². The molecule has 0 aliphatic heterocycles. The molecule has 0 spiro atoms. The van der Waals surface area contributed by atoms with Crippen LogP contribution < -0.4 is 14.8 Å². The Morgan fingerprint density at radius 1 is 1.18 bits per heavy atom. The van der Waals surface area contributed by atoms with Crippen LogP contribution in [0.4, 0.5) is 5.69 Å². The summed E-state index contributed by atoms with van der Waals surface area (Å²) in [4.78, 5) is 12.2. The number of anilines is 1. The van der Waals surface area contributed by atoms with Crippen molar-refractivity contribution in [1.82, 2.24) is 0 Å². The van der Waals surface area contributed by atoms with Gasteiger partial charge in [0, 0.05) is 11.3 Å². The van der Waals surface area contributed by atoms with Crippen molar-refractivity contribution < 1.29 is 14.3 Å². The van der Waals surface area contributed by atoms with E-state index < -0.39 is 0 Å². The van der Waals surface area contributed by atoms with Crippen LogP contribution >= 0.6 is 11.6 Å². The maximum Gasteiger partial charge on any atom is 0.255 e. The zero-order valence-electron chi connectivity index (χ0n) is 12.6. The molecule has 0 saturated carbocycles. The van der Waals surface area contributed by atoms with Gasteiger partial charge < -0.3 is 14.8 Å². The van der Waals surface area contributed by atoms with Gasteiger partial charge in [0.15, 0.2) is 0 Å². The van der Waals surface area contributed by atoms with Crippen LogP contribution in [-0.4, -0.2) is 19.6 Å². The van der Waals surface area contributed by atoms with Gasteiger partial charge in [-0.2, -0.15) is 0 Å². The summed E-state index contributed by atoms with van der Waals surface area (Å²) in [6, 6.07) is 12.1. The molecule has 0 unspecified atom stereocenters. The number of hydrogen-bond acceptors (Lipinski definition) is 3. The SMILES string of the molecule is CCCOc1ccc(C(=O)Nc2ccc(OC)c(Cl)c2)cc1. The average molecular weight is 320 g/mol. The molecule has 2 rings (SSSR count). The van der Waals surface area contributed by atoms with Crippen LogP contribution in [-0.2, 0) is 0 Å². The van der Waals surface area contributed by atoms with Crippen molar-refractivity contribution in [2.24, 2.45) is 0 Å². The maximum absolute atomic E-state index is 12.2. The molecule has 0 aliphatic carbocycles. The van der Waals surface area contributed by atoms with E-state index in [1.165, 1.54) is 0 Å². The van der Waals surface area contributed by atoms with Crippen LogP contribution in [0.15, 0.2) is 42.5 Å². The highest BCUT2D eigenvalue weighted by Gasteiger charge is 2.08. The fourth-order valence-corrected chi connectivity index (χ4v) is 2.13. The van der Waals surface area contributed by atoms with E-state index >= 15 is 0 Å². The molecule has 22 heavy (non-hydrogen) atoms. The van der Waals surface area contributed by atoms with Crippen LogP contribution in [0.25, 0.3) is 0 Å². The summed E-state index contributed by atoms with van der Waals surface area (Å²) in [5.41, 5.74) is 1.16. The Morgan fingerprint density at radius 2 is 1.91 bits per heavy atom. The van der Waals surface area contributed by atoms with E-state index in [0.29, 0.717) is 28.6 Å².